The van der Waals surface area contributed by atoms with Gasteiger partial charge < -0.3 is 9.66 Å². The second kappa shape index (κ2) is 21.1. The van der Waals surface area contributed by atoms with Crippen LogP contribution >= 0.6 is 0 Å². The van der Waals surface area contributed by atoms with Crippen LogP contribution in [0.25, 0.3) is 0 Å². The second-order valence-electron chi connectivity index (χ2n) is 8.17. The molecule has 0 amide bonds. The molecule has 1 N–H and O–H groups in total. The van der Waals surface area contributed by atoms with Crippen LogP contribution in [0, 0.1) is 0 Å². The van der Waals surface area contributed by atoms with Gasteiger partial charge in [0.2, 0.25) is 0 Å². The van der Waals surface area contributed by atoms with Gasteiger partial charge in [-0.2, -0.15) is 0 Å². The molecule has 2 unspecified atom stereocenters. The molecule has 0 aromatic heterocycles. The van der Waals surface area contributed by atoms with Crippen LogP contribution in [-0.4, -0.2) is 29.4 Å². The smallest absolute Gasteiger partial charge is 0.748 e. The van der Waals surface area contributed by atoms with Crippen molar-refractivity contribution in [1.82, 2.24) is 0 Å². The Bertz CT molecular complexity index is 415. The van der Waals surface area contributed by atoms with E-state index in [4.69, 9.17) is 0 Å². The minimum absolute atomic E-state index is 0. The summed E-state index contributed by atoms with van der Waals surface area (Å²) in [6.07, 6.45) is 17.8. The SMILES string of the molecule is CCCCCCCCCCCCC(CCC(O)CCCCCC)S(=O)(=O)[O-].[Na+]. The molecule has 0 heterocycles. The van der Waals surface area contributed by atoms with E-state index in [-0.39, 0.29) is 29.6 Å². The van der Waals surface area contributed by atoms with Gasteiger partial charge in [0.1, 0.15) is 0 Å². The maximum atomic E-state index is 11.5. The van der Waals surface area contributed by atoms with Crippen LogP contribution in [0.4, 0.5) is 0 Å². The predicted octanol–water partition coefficient (Wildman–Crippen LogP) is 3.33. The molecule has 0 radical (unpaired) electrons. The Hall–Kier alpha value is 0.870. The minimum Gasteiger partial charge on any atom is -0.748 e. The molecule has 0 aliphatic heterocycles. The van der Waals surface area contributed by atoms with Crippen molar-refractivity contribution in [2.24, 2.45) is 0 Å². The molecule has 28 heavy (non-hydrogen) atoms. The molecule has 0 aromatic rings. The minimum atomic E-state index is -4.26. The third-order valence-corrected chi connectivity index (χ3v) is 6.79. The molecule has 0 spiro atoms. The zero-order chi connectivity index (χ0) is 20.4. The van der Waals surface area contributed by atoms with Crippen molar-refractivity contribution in [1.29, 1.82) is 0 Å². The summed E-state index contributed by atoms with van der Waals surface area (Å²) in [6, 6.07) is 0. The summed E-state index contributed by atoms with van der Waals surface area (Å²) in [5.74, 6) is 0. The standard InChI is InChI=1S/C22H46O4S.Na/c1-3-5-7-9-10-11-12-13-14-16-18-22(27(24,25)26)20-19-21(23)17-15-8-6-4-2;/h21-23H,3-20H2,1-2H3,(H,24,25,26);/q;+1/p-1. The molecule has 0 saturated carbocycles. The molecule has 0 aliphatic rings. The first kappa shape index (κ1) is 31.1. The van der Waals surface area contributed by atoms with E-state index in [2.05, 4.69) is 13.8 Å². The summed E-state index contributed by atoms with van der Waals surface area (Å²) < 4.78 is 34.5. The number of hydrogen-bond acceptors (Lipinski definition) is 4. The van der Waals surface area contributed by atoms with E-state index in [1.807, 2.05) is 0 Å². The van der Waals surface area contributed by atoms with Gasteiger partial charge in [-0.25, -0.2) is 8.42 Å². The first-order valence-electron chi connectivity index (χ1n) is 11.5. The fourth-order valence-corrected chi connectivity index (χ4v) is 4.50. The Labute approximate surface area is 197 Å². The zero-order valence-corrected chi connectivity index (χ0v) is 21.8. The van der Waals surface area contributed by atoms with Crippen molar-refractivity contribution < 1.29 is 47.6 Å². The van der Waals surface area contributed by atoms with Crippen molar-refractivity contribution in [3.63, 3.8) is 0 Å². The van der Waals surface area contributed by atoms with Crippen molar-refractivity contribution in [3.05, 3.63) is 0 Å². The Kier molecular flexibility index (Phi) is 23.4. The van der Waals surface area contributed by atoms with E-state index >= 15 is 0 Å². The number of unbranched alkanes of at least 4 members (excludes halogenated alkanes) is 12. The number of aliphatic hydroxyl groups excluding tert-OH is 1. The van der Waals surface area contributed by atoms with Crippen LogP contribution in [0.3, 0.4) is 0 Å². The van der Waals surface area contributed by atoms with E-state index < -0.39 is 21.5 Å². The Morgan fingerprint density at radius 1 is 0.643 bits per heavy atom. The summed E-state index contributed by atoms with van der Waals surface area (Å²) in [4.78, 5) is 0. The average Bonchev–Trinajstić information content (AvgIpc) is 2.61. The fraction of sp³-hybridized carbons (Fsp3) is 1.00. The molecule has 164 valence electrons. The van der Waals surface area contributed by atoms with Crippen molar-refractivity contribution in [3.8, 4) is 0 Å². The molecule has 4 nitrogen and oxygen atoms in total. The molecule has 0 aliphatic carbocycles. The van der Waals surface area contributed by atoms with Crippen LogP contribution in [0.2, 0.25) is 0 Å². The monoisotopic (exact) mass is 428 g/mol. The summed E-state index contributed by atoms with van der Waals surface area (Å²) in [7, 11) is -4.26. The average molecular weight is 429 g/mol. The van der Waals surface area contributed by atoms with Gasteiger partial charge in [-0.15, -0.1) is 0 Å². The first-order chi connectivity index (χ1) is 12.9. The van der Waals surface area contributed by atoms with Crippen LogP contribution in [0.5, 0.6) is 0 Å². The maximum absolute atomic E-state index is 11.5. The second-order valence-corrected chi connectivity index (χ2v) is 9.82. The molecule has 0 rings (SSSR count). The quantitative estimate of drug-likeness (QED) is 0.183. The van der Waals surface area contributed by atoms with Gasteiger partial charge in [-0.3, -0.25) is 0 Å². The molecule has 0 fully saturated rings. The summed E-state index contributed by atoms with van der Waals surface area (Å²) in [5, 5.41) is 9.19. The maximum Gasteiger partial charge on any atom is 1.00 e. The van der Waals surface area contributed by atoms with Crippen LogP contribution in [0.1, 0.15) is 129 Å². The van der Waals surface area contributed by atoms with Gasteiger partial charge >= 0.3 is 29.6 Å². The Morgan fingerprint density at radius 2 is 1.04 bits per heavy atom. The third kappa shape index (κ3) is 20.2. The Morgan fingerprint density at radius 3 is 1.50 bits per heavy atom. The van der Waals surface area contributed by atoms with Crippen LogP contribution in [0.15, 0.2) is 0 Å². The molecule has 2 atom stereocenters. The molecule has 0 aromatic carbocycles. The van der Waals surface area contributed by atoms with Gasteiger partial charge in [0.25, 0.3) is 0 Å². The van der Waals surface area contributed by atoms with Gasteiger partial charge in [0.05, 0.1) is 16.2 Å². The normalized spacial score (nSPS) is 13.9. The van der Waals surface area contributed by atoms with Crippen molar-refractivity contribution >= 4 is 10.1 Å². The molecule has 0 bridgehead atoms. The van der Waals surface area contributed by atoms with Crippen LogP contribution < -0.4 is 29.6 Å². The van der Waals surface area contributed by atoms with E-state index in [1.165, 1.54) is 51.4 Å². The fourth-order valence-electron chi connectivity index (χ4n) is 3.62. The van der Waals surface area contributed by atoms with E-state index in [0.717, 1.165) is 38.5 Å². The zero-order valence-electron chi connectivity index (χ0n) is 19.0. The molecule has 6 heteroatoms. The molecular weight excluding hydrogens is 383 g/mol. The summed E-state index contributed by atoms with van der Waals surface area (Å²) in [6.45, 7) is 4.37. The van der Waals surface area contributed by atoms with Gasteiger partial charge in [-0.1, -0.05) is 104 Å². The molecule has 0 saturated heterocycles. The van der Waals surface area contributed by atoms with Crippen molar-refractivity contribution in [2.45, 2.75) is 141 Å². The van der Waals surface area contributed by atoms with E-state index in [0.29, 0.717) is 25.7 Å². The summed E-state index contributed by atoms with van der Waals surface area (Å²) >= 11 is 0. The number of aliphatic hydroxyl groups is 1. The number of rotatable bonds is 20. The molecular formula is C22H45NaO4S. The van der Waals surface area contributed by atoms with Gasteiger partial charge in [0, 0.05) is 5.25 Å². The van der Waals surface area contributed by atoms with E-state index in [9.17, 15) is 18.1 Å². The van der Waals surface area contributed by atoms with Gasteiger partial charge in [-0.05, 0) is 25.7 Å². The third-order valence-electron chi connectivity index (χ3n) is 5.50. The summed E-state index contributed by atoms with van der Waals surface area (Å²) in [5.41, 5.74) is 0. The number of hydrogen-bond donors (Lipinski definition) is 1. The van der Waals surface area contributed by atoms with E-state index in [1.54, 1.807) is 0 Å². The first-order valence-corrected chi connectivity index (χ1v) is 13.0. The topological polar surface area (TPSA) is 77.4 Å². The Balaban J connectivity index is 0. The predicted molar refractivity (Wildman–Crippen MR) is 114 cm³/mol. The van der Waals surface area contributed by atoms with Crippen LogP contribution in [-0.2, 0) is 10.1 Å². The van der Waals surface area contributed by atoms with Gasteiger partial charge in [0.15, 0.2) is 0 Å². The van der Waals surface area contributed by atoms with Crippen molar-refractivity contribution in [2.75, 3.05) is 0 Å². The largest absolute Gasteiger partial charge is 1.00 e.